The largest absolute Gasteiger partial charge is 1.00 e. The topological polar surface area (TPSA) is 100 Å². The van der Waals surface area contributed by atoms with Gasteiger partial charge in [-0.3, -0.25) is 0 Å². The minimum Gasteiger partial charge on any atom is -0.550 e. The molecule has 0 bridgehead atoms. The van der Waals surface area contributed by atoms with Crippen molar-refractivity contribution in [2.75, 3.05) is 0 Å². The third-order valence-electron chi connectivity index (χ3n) is 0.632. The Morgan fingerprint density at radius 1 is 1.36 bits per heavy atom. The molecule has 1 atom stereocenters. The van der Waals surface area contributed by atoms with Gasteiger partial charge in [0.05, 0.1) is 12.1 Å². The molecule has 0 aliphatic rings. The monoisotopic (exact) mass is 178 g/mol. The molecule has 1 N–H and O–H groups in total. The summed E-state index contributed by atoms with van der Waals surface area (Å²) in [6, 6.07) is 0. The van der Waals surface area contributed by atoms with Gasteiger partial charge in [0.15, 0.2) is 0 Å². The number of aliphatic carboxylic acids is 2. The molecule has 0 radical (unpaired) electrons. The second kappa shape index (κ2) is 9.22. The molecule has 0 fully saturated rings. The van der Waals surface area contributed by atoms with Crippen molar-refractivity contribution in [3.8, 4) is 0 Å². The summed E-state index contributed by atoms with van der Waals surface area (Å²) in [5.41, 5.74) is 0. The predicted octanol–water partition coefficient (Wildman–Crippen LogP) is -9.75. The first-order valence-corrected chi connectivity index (χ1v) is 2.13. The van der Waals surface area contributed by atoms with Gasteiger partial charge in [-0.15, -0.1) is 0 Å². The zero-order valence-corrected chi connectivity index (χ0v) is 9.49. The summed E-state index contributed by atoms with van der Waals surface area (Å²) >= 11 is 0. The molecule has 0 spiro atoms. The quantitative estimate of drug-likeness (QED) is 0.432. The molecule has 0 rings (SSSR count). The SMILES string of the molecule is O=C([O-])CC(O)C(=O)[O-].[K+].[Li+]. The van der Waals surface area contributed by atoms with Crippen LogP contribution in [-0.4, -0.2) is 23.1 Å². The number of hydrogen-bond acceptors (Lipinski definition) is 5. The van der Waals surface area contributed by atoms with Crippen LogP contribution in [0.3, 0.4) is 0 Å². The van der Waals surface area contributed by atoms with Gasteiger partial charge in [0.25, 0.3) is 0 Å². The fourth-order valence-electron chi connectivity index (χ4n) is 0.241. The van der Waals surface area contributed by atoms with Gasteiger partial charge in [-0.05, 0) is 0 Å². The molecule has 0 saturated heterocycles. The van der Waals surface area contributed by atoms with Crippen LogP contribution in [0.1, 0.15) is 6.42 Å². The summed E-state index contributed by atoms with van der Waals surface area (Å²) in [4.78, 5) is 19.1. The molecule has 0 amide bonds. The first kappa shape index (κ1) is 18.0. The summed E-state index contributed by atoms with van der Waals surface area (Å²) < 4.78 is 0. The van der Waals surface area contributed by atoms with E-state index in [-0.39, 0.29) is 70.2 Å². The Hall–Kier alpha value is 1.13. The van der Waals surface area contributed by atoms with Gasteiger partial charge < -0.3 is 24.9 Å². The van der Waals surface area contributed by atoms with Gasteiger partial charge in [0.2, 0.25) is 0 Å². The fraction of sp³-hybridized carbons (Fsp3) is 0.500. The Balaban J connectivity index is -0.000000320. The second-order valence-electron chi connectivity index (χ2n) is 1.41. The van der Waals surface area contributed by atoms with Crippen molar-refractivity contribution in [2.24, 2.45) is 0 Å². The third kappa shape index (κ3) is 11.1. The van der Waals surface area contributed by atoms with E-state index in [9.17, 15) is 19.8 Å². The van der Waals surface area contributed by atoms with Crippen LogP contribution in [0.15, 0.2) is 0 Å². The maximum Gasteiger partial charge on any atom is 1.00 e. The third-order valence-corrected chi connectivity index (χ3v) is 0.632. The van der Waals surface area contributed by atoms with E-state index < -0.39 is 24.5 Å². The van der Waals surface area contributed by atoms with Gasteiger partial charge in [0.1, 0.15) is 0 Å². The van der Waals surface area contributed by atoms with Crippen molar-refractivity contribution < 1.29 is 95.2 Å². The first-order chi connectivity index (χ1) is 4.04. The molecule has 52 valence electrons. The summed E-state index contributed by atoms with van der Waals surface area (Å²) in [5.74, 6) is -3.43. The van der Waals surface area contributed by atoms with Crippen molar-refractivity contribution in [3.63, 3.8) is 0 Å². The van der Waals surface area contributed by atoms with Crippen LogP contribution in [0.5, 0.6) is 0 Å². The summed E-state index contributed by atoms with van der Waals surface area (Å²) in [5, 5.41) is 27.3. The minimum atomic E-state index is -1.96. The van der Waals surface area contributed by atoms with Crippen LogP contribution in [0.2, 0.25) is 0 Å². The number of carbonyl (C=O) groups excluding carboxylic acids is 2. The molecular weight excluding hydrogens is 174 g/mol. The maximum atomic E-state index is 9.58. The Labute approximate surface area is 118 Å². The van der Waals surface area contributed by atoms with Crippen LogP contribution < -0.4 is 80.5 Å². The molecule has 0 aliphatic carbocycles. The number of carbonyl (C=O) groups is 2. The Morgan fingerprint density at radius 2 is 1.73 bits per heavy atom. The van der Waals surface area contributed by atoms with Crippen LogP contribution >= 0.6 is 0 Å². The average Bonchev–Trinajstić information content (AvgIpc) is 1.63. The second-order valence-corrected chi connectivity index (χ2v) is 1.41. The van der Waals surface area contributed by atoms with Gasteiger partial charge in [-0.1, -0.05) is 0 Å². The first-order valence-electron chi connectivity index (χ1n) is 2.13. The fourth-order valence-corrected chi connectivity index (χ4v) is 0.241. The zero-order chi connectivity index (χ0) is 7.44. The Bertz CT molecular complexity index is 138. The number of carboxylic acids is 2. The molecule has 0 saturated carbocycles. The van der Waals surface area contributed by atoms with Crippen molar-refractivity contribution in [1.29, 1.82) is 0 Å². The van der Waals surface area contributed by atoms with Crippen molar-refractivity contribution >= 4 is 11.9 Å². The van der Waals surface area contributed by atoms with E-state index in [2.05, 4.69) is 0 Å². The van der Waals surface area contributed by atoms with Gasteiger partial charge in [0, 0.05) is 12.4 Å². The Kier molecular flexibility index (Phi) is 15.1. The molecule has 7 heteroatoms. The summed E-state index contributed by atoms with van der Waals surface area (Å²) in [6.45, 7) is 0. The number of hydrogen-bond donors (Lipinski definition) is 1. The summed E-state index contributed by atoms with van der Waals surface area (Å²) in [6.07, 6.45) is -2.89. The molecule has 11 heavy (non-hydrogen) atoms. The normalized spacial score (nSPS) is 10.3. The van der Waals surface area contributed by atoms with Gasteiger partial charge in [-0.2, -0.15) is 0 Å². The molecule has 0 aromatic carbocycles. The van der Waals surface area contributed by atoms with Crippen molar-refractivity contribution in [2.45, 2.75) is 12.5 Å². The van der Waals surface area contributed by atoms with E-state index >= 15 is 0 Å². The number of carboxylic acid groups (broad SMARTS) is 2. The smallest absolute Gasteiger partial charge is 0.550 e. The number of aliphatic hydroxyl groups excluding tert-OH is 1. The van der Waals surface area contributed by atoms with Crippen LogP contribution in [0, 0.1) is 0 Å². The number of aliphatic hydroxyl groups is 1. The zero-order valence-electron chi connectivity index (χ0n) is 6.36. The van der Waals surface area contributed by atoms with Crippen LogP contribution in [0.4, 0.5) is 0 Å². The molecule has 1 unspecified atom stereocenters. The minimum absolute atomic E-state index is 0. The maximum absolute atomic E-state index is 9.58. The van der Waals surface area contributed by atoms with Crippen molar-refractivity contribution in [3.05, 3.63) is 0 Å². The average molecular weight is 178 g/mol. The van der Waals surface area contributed by atoms with Gasteiger partial charge in [-0.25, -0.2) is 0 Å². The van der Waals surface area contributed by atoms with Gasteiger partial charge >= 0.3 is 70.2 Å². The molecule has 0 aromatic rings. The number of rotatable bonds is 3. The predicted molar refractivity (Wildman–Crippen MR) is 20.6 cm³/mol. The van der Waals surface area contributed by atoms with E-state index in [0.717, 1.165) is 0 Å². The molecular formula is C4H4KLiO5. The molecule has 0 heterocycles. The Morgan fingerprint density at radius 3 is 1.82 bits per heavy atom. The van der Waals surface area contributed by atoms with E-state index in [0.29, 0.717) is 0 Å². The molecule has 0 aromatic heterocycles. The summed E-state index contributed by atoms with van der Waals surface area (Å²) in [7, 11) is 0. The van der Waals surface area contributed by atoms with Crippen molar-refractivity contribution in [1.82, 2.24) is 0 Å². The van der Waals surface area contributed by atoms with Crippen LogP contribution in [-0.2, 0) is 9.59 Å². The van der Waals surface area contributed by atoms with E-state index in [1.807, 2.05) is 0 Å². The van der Waals surface area contributed by atoms with Crippen LogP contribution in [0.25, 0.3) is 0 Å². The van der Waals surface area contributed by atoms with E-state index in [1.54, 1.807) is 0 Å². The molecule has 5 nitrogen and oxygen atoms in total. The van der Waals surface area contributed by atoms with E-state index in [1.165, 1.54) is 0 Å². The standard InChI is InChI=1S/C4H6O5.K.Li/c5-2(4(8)9)1-3(6)7;;/h2,5H,1H2,(H,6,7)(H,8,9);;/q;2*+1/p-2. The van der Waals surface area contributed by atoms with E-state index in [4.69, 9.17) is 5.11 Å². The molecule has 0 aliphatic heterocycles.